The Bertz CT molecular complexity index is 58.6. The first-order chi connectivity index (χ1) is 2.81. The molecule has 0 fully saturated rings. The zero-order chi connectivity index (χ0) is 4.99. The Hall–Kier alpha value is -0.660. The molecular weight excluding hydrogens is 78.0 g/mol. The molecule has 0 unspecified atom stereocenters. The minimum Gasteiger partial charge on any atom is -0.514 e. The fraction of sp³-hybridized carbons (Fsp3) is 0.500. The average molecular weight is 87.1 g/mol. The van der Waals surface area contributed by atoms with Gasteiger partial charge in [-0.25, -0.2) is 0 Å². The summed E-state index contributed by atoms with van der Waals surface area (Å²) in [5.41, 5.74) is 0.773. The smallest absolute Gasteiger partial charge is 0.0977 e. The van der Waals surface area contributed by atoms with Gasteiger partial charge in [-0.1, -0.05) is 0 Å². The maximum Gasteiger partial charge on any atom is 0.0977 e. The van der Waals surface area contributed by atoms with Gasteiger partial charge < -0.3 is 10.4 Å². The summed E-state index contributed by atoms with van der Waals surface area (Å²) < 4.78 is 0. The Kier molecular flexibility index (Phi) is 2.29. The molecule has 0 aliphatic carbocycles. The van der Waals surface area contributed by atoms with Crippen molar-refractivity contribution in [1.29, 1.82) is 0 Å². The van der Waals surface area contributed by atoms with E-state index in [1.54, 1.807) is 14.0 Å². The fourth-order valence-electron chi connectivity index (χ4n) is 0.0645. The van der Waals surface area contributed by atoms with Gasteiger partial charge in [0, 0.05) is 12.7 Å². The SMILES string of the molecule is CNC(C)=CO. The van der Waals surface area contributed by atoms with Gasteiger partial charge in [0.25, 0.3) is 0 Å². The first-order valence-corrected chi connectivity index (χ1v) is 1.80. The van der Waals surface area contributed by atoms with Gasteiger partial charge >= 0.3 is 0 Å². The van der Waals surface area contributed by atoms with Crippen molar-refractivity contribution in [3.63, 3.8) is 0 Å². The van der Waals surface area contributed by atoms with Crippen molar-refractivity contribution < 1.29 is 5.11 Å². The van der Waals surface area contributed by atoms with Crippen molar-refractivity contribution >= 4 is 0 Å². The second kappa shape index (κ2) is 2.57. The molecule has 0 aromatic carbocycles. The quantitative estimate of drug-likeness (QED) is 0.459. The summed E-state index contributed by atoms with van der Waals surface area (Å²) in [6, 6.07) is 0. The standard InChI is InChI=1S/C4H9NO/c1-4(3-6)5-2/h3,5-6H,1-2H3. The zero-order valence-electron chi connectivity index (χ0n) is 4.02. The third-order valence-electron chi connectivity index (χ3n) is 0.588. The van der Waals surface area contributed by atoms with Crippen LogP contribution in [0.15, 0.2) is 12.0 Å². The highest BCUT2D eigenvalue weighted by Crippen LogP contribution is 1.75. The van der Waals surface area contributed by atoms with E-state index < -0.39 is 0 Å². The number of aliphatic hydroxyl groups excluding tert-OH is 1. The van der Waals surface area contributed by atoms with Crippen molar-refractivity contribution in [1.82, 2.24) is 5.32 Å². The molecule has 0 amide bonds. The lowest BCUT2D eigenvalue weighted by Gasteiger charge is -1.90. The molecule has 0 radical (unpaired) electrons. The van der Waals surface area contributed by atoms with Crippen LogP contribution in [0.2, 0.25) is 0 Å². The van der Waals surface area contributed by atoms with Gasteiger partial charge in [-0.3, -0.25) is 0 Å². The largest absolute Gasteiger partial charge is 0.514 e. The predicted molar refractivity (Wildman–Crippen MR) is 25.4 cm³/mol. The number of aliphatic hydroxyl groups is 1. The summed E-state index contributed by atoms with van der Waals surface area (Å²) in [5, 5.41) is 10.8. The molecule has 36 valence electrons. The second-order valence-electron chi connectivity index (χ2n) is 1.06. The van der Waals surface area contributed by atoms with Gasteiger partial charge in [-0.2, -0.15) is 0 Å². The maximum absolute atomic E-state index is 8.11. The fourth-order valence-corrected chi connectivity index (χ4v) is 0.0645. The lowest BCUT2D eigenvalue weighted by molar-refractivity contribution is 0.463. The molecule has 0 aliphatic rings. The van der Waals surface area contributed by atoms with E-state index in [0.29, 0.717) is 0 Å². The molecule has 2 nitrogen and oxygen atoms in total. The Morgan fingerprint density at radius 1 is 1.83 bits per heavy atom. The Morgan fingerprint density at radius 3 is 2.33 bits per heavy atom. The van der Waals surface area contributed by atoms with Gasteiger partial charge in [0.2, 0.25) is 0 Å². The van der Waals surface area contributed by atoms with Crippen LogP contribution >= 0.6 is 0 Å². The summed E-state index contributed by atoms with van der Waals surface area (Å²) in [6.45, 7) is 1.78. The highest BCUT2D eigenvalue weighted by atomic mass is 16.2. The highest BCUT2D eigenvalue weighted by Gasteiger charge is 1.71. The van der Waals surface area contributed by atoms with Crippen LogP contribution in [0, 0.1) is 0 Å². The molecule has 0 saturated carbocycles. The average Bonchev–Trinajstić information content (AvgIpc) is 1.65. The molecule has 0 spiro atoms. The van der Waals surface area contributed by atoms with Crippen molar-refractivity contribution in [2.45, 2.75) is 6.92 Å². The number of rotatable bonds is 1. The van der Waals surface area contributed by atoms with E-state index in [4.69, 9.17) is 5.11 Å². The van der Waals surface area contributed by atoms with Crippen LogP contribution in [0.3, 0.4) is 0 Å². The van der Waals surface area contributed by atoms with E-state index in [9.17, 15) is 0 Å². The summed E-state index contributed by atoms with van der Waals surface area (Å²) in [6.07, 6.45) is 1.03. The molecule has 0 saturated heterocycles. The first-order valence-electron chi connectivity index (χ1n) is 1.80. The minimum absolute atomic E-state index is 0.773. The van der Waals surface area contributed by atoms with Crippen LogP contribution < -0.4 is 5.32 Å². The van der Waals surface area contributed by atoms with Crippen LogP contribution in [-0.2, 0) is 0 Å². The molecule has 0 aliphatic heterocycles. The van der Waals surface area contributed by atoms with Crippen molar-refractivity contribution in [2.24, 2.45) is 0 Å². The molecule has 0 bridgehead atoms. The van der Waals surface area contributed by atoms with Crippen LogP contribution in [0.5, 0.6) is 0 Å². The molecule has 2 heteroatoms. The number of hydrogen-bond acceptors (Lipinski definition) is 2. The molecule has 0 aromatic rings. The van der Waals surface area contributed by atoms with E-state index in [1.165, 1.54) is 0 Å². The Labute approximate surface area is 37.5 Å². The van der Waals surface area contributed by atoms with Gasteiger partial charge in [0.15, 0.2) is 0 Å². The molecule has 0 heterocycles. The number of nitrogens with one attached hydrogen (secondary N) is 1. The predicted octanol–water partition coefficient (Wildman–Crippen LogP) is 0.625. The van der Waals surface area contributed by atoms with Gasteiger partial charge in [0.1, 0.15) is 0 Å². The summed E-state index contributed by atoms with van der Waals surface area (Å²) >= 11 is 0. The summed E-state index contributed by atoms with van der Waals surface area (Å²) in [7, 11) is 1.75. The number of allylic oxidation sites excluding steroid dienone is 1. The second-order valence-corrected chi connectivity index (χ2v) is 1.06. The van der Waals surface area contributed by atoms with E-state index in [-0.39, 0.29) is 0 Å². The molecule has 0 atom stereocenters. The van der Waals surface area contributed by atoms with Crippen LogP contribution in [0.1, 0.15) is 6.92 Å². The Balaban J connectivity index is 3.22. The van der Waals surface area contributed by atoms with E-state index in [2.05, 4.69) is 5.32 Å². The van der Waals surface area contributed by atoms with Gasteiger partial charge in [-0.15, -0.1) is 0 Å². The van der Waals surface area contributed by atoms with Crippen LogP contribution in [0.25, 0.3) is 0 Å². The zero-order valence-corrected chi connectivity index (χ0v) is 4.02. The third kappa shape index (κ3) is 1.64. The Morgan fingerprint density at radius 2 is 2.33 bits per heavy atom. The van der Waals surface area contributed by atoms with Crippen molar-refractivity contribution in [3.8, 4) is 0 Å². The lowest BCUT2D eigenvalue weighted by atomic mass is 10.6. The molecule has 2 N–H and O–H groups in total. The normalized spacial score (nSPS) is 11.3. The summed E-state index contributed by atoms with van der Waals surface area (Å²) in [4.78, 5) is 0. The third-order valence-corrected chi connectivity index (χ3v) is 0.588. The van der Waals surface area contributed by atoms with Crippen LogP contribution in [0.4, 0.5) is 0 Å². The minimum atomic E-state index is 0.773. The number of hydrogen-bond donors (Lipinski definition) is 2. The van der Waals surface area contributed by atoms with E-state index >= 15 is 0 Å². The lowest BCUT2D eigenvalue weighted by Crippen LogP contribution is -2.00. The summed E-state index contributed by atoms with van der Waals surface area (Å²) in [5.74, 6) is 0. The van der Waals surface area contributed by atoms with E-state index in [1.807, 2.05) is 0 Å². The van der Waals surface area contributed by atoms with Gasteiger partial charge in [0.05, 0.1) is 6.26 Å². The van der Waals surface area contributed by atoms with E-state index in [0.717, 1.165) is 12.0 Å². The monoisotopic (exact) mass is 87.1 g/mol. The maximum atomic E-state index is 8.11. The van der Waals surface area contributed by atoms with Crippen molar-refractivity contribution in [2.75, 3.05) is 7.05 Å². The molecule has 0 rings (SSSR count). The molecule has 0 aromatic heterocycles. The molecular formula is C4H9NO. The van der Waals surface area contributed by atoms with Gasteiger partial charge in [-0.05, 0) is 6.92 Å². The van der Waals surface area contributed by atoms with Crippen molar-refractivity contribution in [3.05, 3.63) is 12.0 Å². The topological polar surface area (TPSA) is 32.3 Å². The van der Waals surface area contributed by atoms with Crippen LogP contribution in [-0.4, -0.2) is 12.2 Å². The highest BCUT2D eigenvalue weighted by molar-refractivity contribution is 4.85. The molecule has 6 heavy (non-hydrogen) atoms. The first kappa shape index (κ1) is 5.34.